The van der Waals surface area contributed by atoms with Crippen molar-refractivity contribution >= 4 is 27.3 Å². The van der Waals surface area contributed by atoms with Crippen molar-refractivity contribution in [3.63, 3.8) is 0 Å². The number of carbonyl (C=O) groups excluding carboxylic acids is 2. The van der Waals surface area contributed by atoms with E-state index in [4.69, 9.17) is 0 Å². The number of sulfone groups is 1. The highest BCUT2D eigenvalue weighted by Gasteiger charge is 2.60. The van der Waals surface area contributed by atoms with Crippen LogP contribution in [0.15, 0.2) is 29.2 Å². The van der Waals surface area contributed by atoms with Gasteiger partial charge in [-0.1, -0.05) is 0 Å². The van der Waals surface area contributed by atoms with Crippen LogP contribution in [0, 0.1) is 11.3 Å². The Bertz CT molecular complexity index is 999. The Morgan fingerprint density at radius 2 is 1.65 bits per heavy atom. The molecule has 9 nitrogen and oxygen atoms in total. The SMILES string of the molecule is CNC(=O)C1CCC(Nc2ccc(S(=O)(=O)C3(C(=O)NO)CCC4(CCNCC4)C3)cc2)CC1. The first-order chi connectivity index (χ1) is 16.2. The van der Waals surface area contributed by atoms with Crippen molar-refractivity contribution in [1.82, 2.24) is 16.1 Å². The lowest BCUT2D eigenvalue weighted by Crippen LogP contribution is -2.51. The van der Waals surface area contributed by atoms with Crippen LogP contribution in [0.1, 0.15) is 57.8 Å². The van der Waals surface area contributed by atoms with E-state index in [0.29, 0.717) is 6.42 Å². The van der Waals surface area contributed by atoms with Gasteiger partial charge in [0.1, 0.15) is 0 Å². The first-order valence-electron chi connectivity index (χ1n) is 12.2. The Morgan fingerprint density at radius 1 is 1.00 bits per heavy atom. The maximum atomic E-state index is 13.8. The zero-order valence-electron chi connectivity index (χ0n) is 19.7. The van der Waals surface area contributed by atoms with E-state index in [9.17, 15) is 23.2 Å². The van der Waals surface area contributed by atoms with Crippen LogP contribution in [0.2, 0.25) is 0 Å². The van der Waals surface area contributed by atoms with Gasteiger partial charge in [-0.25, -0.2) is 13.9 Å². The molecule has 0 aromatic heterocycles. The predicted molar refractivity (Wildman–Crippen MR) is 128 cm³/mol. The Morgan fingerprint density at radius 3 is 2.24 bits per heavy atom. The third-order valence-corrected chi connectivity index (χ3v) is 10.7. The number of carbonyl (C=O) groups is 2. The Balaban J connectivity index is 1.48. The minimum atomic E-state index is -4.02. The maximum absolute atomic E-state index is 13.8. The third kappa shape index (κ3) is 4.55. The summed E-state index contributed by atoms with van der Waals surface area (Å²) in [5.74, 6) is -0.691. The van der Waals surface area contributed by atoms with Gasteiger partial charge >= 0.3 is 0 Å². The highest BCUT2D eigenvalue weighted by molar-refractivity contribution is 7.93. The number of piperidine rings is 1. The molecule has 2 saturated carbocycles. The first kappa shape index (κ1) is 24.9. The molecular weight excluding hydrogens is 456 g/mol. The summed E-state index contributed by atoms with van der Waals surface area (Å²) in [5.41, 5.74) is 2.27. The number of rotatable bonds is 6. The van der Waals surface area contributed by atoms with E-state index < -0.39 is 20.5 Å². The first-order valence-corrected chi connectivity index (χ1v) is 13.7. The molecule has 2 amide bonds. The third-order valence-electron chi connectivity index (χ3n) is 8.29. The van der Waals surface area contributed by atoms with E-state index >= 15 is 0 Å². The fraction of sp³-hybridized carbons (Fsp3) is 0.667. The lowest BCUT2D eigenvalue weighted by molar-refractivity contribution is -0.132. The van der Waals surface area contributed by atoms with Crippen LogP contribution < -0.4 is 21.4 Å². The molecule has 5 N–H and O–H groups in total. The van der Waals surface area contributed by atoms with Gasteiger partial charge in [-0.2, -0.15) is 0 Å². The number of hydrogen-bond acceptors (Lipinski definition) is 7. The average molecular weight is 493 g/mol. The van der Waals surface area contributed by atoms with Gasteiger partial charge in [0.15, 0.2) is 14.6 Å². The number of amides is 2. The van der Waals surface area contributed by atoms with Gasteiger partial charge < -0.3 is 16.0 Å². The molecule has 1 heterocycles. The van der Waals surface area contributed by atoms with Crippen LogP contribution in [0.25, 0.3) is 0 Å². The molecule has 3 aliphatic rings. The van der Waals surface area contributed by atoms with Crippen LogP contribution >= 0.6 is 0 Å². The molecule has 2 aliphatic carbocycles. The molecular formula is C24H36N4O5S. The van der Waals surface area contributed by atoms with Gasteiger partial charge in [0.05, 0.1) is 4.90 Å². The van der Waals surface area contributed by atoms with Crippen molar-refractivity contribution in [2.45, 2.75) is 73.5 Å². The van der Waals surface area contributed by atoms with E-state index in [1.54, 1.807) is 36.8 Å². The average Bonchev–Trinajstić information content (AvgIpc) is 3.24. The Hall–Kier alpha value is -2.17. The molecule has 4 rings (SSSR count). The zero-order valence-corrected chi connectivity index (χ0v) is 20.5. The maximum Gasteiger partial charge on any atom is 0.265 e. The van der Waals surface area contributed by atoms with Crippen LogP contribution in [0.4, 0.5) is 5.69 Å². The normalized spacial score (nSPS) is 28.9. The summed E-state index contributed by atoms with van der Waals surface area (Å²) < 4.78 is 25.9. The smallest absolute Gasteiger partial charge is 0.265 e. The summed E-state index contributed by atoms with van der Waals surface area (Å²) >= 11 is 0. The molecule has 3 fully saturated rings. The zero-order chi connectivity index (χ0) is 24.4. The van der Waals surface area contributed by atoms with Gasteiger partial charge in [-0.15, -0.1) is 0 Å². The molecule has 1 aromatic rings. The standard InChI is InChI=1S/C24H36N4O5S/c1-25-21(29)17-2-4-18(5-3-17)27-19-6-8-20(9-7-19)34(32,33)24(22(30)28-31)11-10-23(16-24)12-14-26-15-13-23/h6-9,17-18,26-27,31H,2-5,10-16H2,1H3,(H,25,29)(H,28,30). The van der Waals surface area contributed by atoms with E-state index in [1.165, 1.54) is 0 Å². The molecule has 0 bridgehead atoms. The molecule has 1 saturated heterocycles. The molecule has 1 spiro atoms. The molecule has 1 aromatic carbocycles. The lowest BCUT2D eigenvalue weighted by Gasteiger charge is -2.36. The van der Waals surface area contributed by atoms with Crippen molar-refractivity contribution in [2.75, 3.05) is 25.5 Å². The van der Waals surface area contributed by atoms with Gasteiger partial charge in [0, 0.05) is 24.7 Å². The van der Waals surface area contributed by atoms with Crippen molar-refractivity contribution < 1.29 is 23.2 Å². The van der Waals surface area contributed by atoms with Crippen LogP contribution in [-0.4, -0.2) is 56.4 Å². The van der Waals surface area contributed by atoms with Crippen LogP contribution in [0.5, 0.6) is 0 Å². The highest BCUT2D eigenvalue weighted by atomic mass is 32.2. The van der Waals surface area contributed by atoms with E-state index in [2.05, 4.69) is 16.0 Å². The van der Waals surface area contributed by atoms with E-state index in [0.717, 1.165) is 57.3 Å². The van der Waals surface area contributed by atoms with Crippen molar-refractivity contribution in [3.8, 4) is 0 Å². The number of anilines is 1. The van der Waals surface area contributed by atoms with Crippen LogP contribution in [0.3, 0.4) is 0 Å². The Labute approximate surface area is 201 Å². The summed E-state index contributed by atoms with van der Waals surface area (Å²) in [6.45, 7) is 1.62. The quantitative estimate of drug-likeness (QED) is 0.302. The van der Waals surface area contributed by atoms with Gasteiger partial charge in [0.25, 0.3) is 5.91 Å². The molecule has 0 radical (unpaired) electrons. The molecule has 1 aliphatic heterocycles. The largest absolute Gasteiger partial charge is 0.382 e. The van der Waals surface area contributed by atoms with Crippen LogP contribution in [-0.2, 0) is 19.4 Å². The second kappa shape index (κ2) is 9.83. The summed E-state index contributed by atoms with van der Waals surface area (Å²) in [7, 11) is -2.36. The molecule has 34 heavy (non-hydrogen) atoms. The van der Waals surface area contributed by atoms with Gasteiger partial charge in [-0.3, -0.25) is 14.8 Å². The number of nitrogens with one attached hydrogen (secondary N) is 4. The second-order valence-electron chi connectivity index (χ2n) is 10.2. The minimum Gasteiger partial charge on any atom is -0.382 e. The topological polar surface area (TPSA) is 137 Å². The molecule has 1 unspecified atom stereocenters. The summed E-state index contributed by atoms with van der Waals surface area (Å²) in [5, 5.41) is 18.9. The molecule has 10 heteroatoms. The summed E-state index contributed by atoms with van der Waals surface area (Å²) in [6, 6.07) is 6.79. The molecule has 188 valence electrons. The van der Waals surface area contributed by atoms with Gasteiger partial charge in [-0.05, 0) is 101 Å². The minimum absolute atomic E-state index is 0.0547. The monoisotopic (exact) mass is 492 g/mol. The van der Waals surface area contributed by atoms with Crippen molar-refractivity contribution in [2.24, 2.45) is 11.3 Å². The second-order valence-corrected chi connectivity index (χ2v) is 12.5. The van der Waals surface area contributed by atoms with E-state index in [-0.39, 0.29) is 41.0 Å². The fourth-order valence-corrected chi connectivity index (χ4v) is 8.28. The van der Waals surface area contributed by atoms with Crippen molar-refractivity contribution in [1.29, 1.82) is 0 Å². The summed E-state index contributed by atoms with van der Waals surface area (Å²) in [6.07, 6.45) is 6.12. The Kier molecular flexibility index (Phi) is 7.21. The highest BCUT2D eigenvalue weighted by Crippen LogP contribution is 2.54. The molecule has 1 atom stereocenters. The number of hydrogen-bond donors (Lipinski definition) is 5. The summed E-state index contributed by atoms with van der Waals surface area (Å²) in [4.78, 5) is 24.7. The predicted octanol–water partition coefficient (Wildman–Crippen LogP) is 1.97. The lowest BCUT2D eigenvalue weighted by atomic mass is 9.77. The van der Waals surface area contributed by atoms with Gasteiger partial charge in [0.2, 0.25) is 5.91 Å². The number of benzene rings is 1. The van der Waals surface area contributed by atoms with Crippen molar-refractivity contribution in [3.05, 3.63) is 24.3 Å². The van der Waals surface area contributed by atoms with E-state index in [1.807, 2.05) is 0 Å². The number of hydroxylamine groups is 1. The fourth-order valence-electron chi connectivity index (χ4n) is 6.18.